The number of hydrogen-bond donors (Lipinski definition) is 0. The molecule has 21 heavy (non-hydrogen) atoms. The molecule has 1 amide bonds. The van der Waals surface area contributed by atoms with Crippen molar-refractivity contribution in [2.45, 2.75) is 51.9 Å². The zero-order valence-corrected chi connectivity index (χ0v) is 14.3. The number of morpholine rings is 1. The summed E-state index contributed by atoms with van der Waals surface area (Å²) >= 11 is 0. The zero-order valence-electron chi connectivity index (χ0n) is 13.5. The van der Waals surface area contributed by atoms with Gasteiger partial charge in [0, 0.05) is 0 Å². The normalized spacial score (nSPS) is 23.0. The number of carbonyl (C=O) groups excluding carboxylic acids is 1. The van der Waals surface area contributed by atoms with E-state index in [1.165, 1.54) is 0 Å². The second kappa shape index (κ2) is 6.10. The van der Waals surface area contributed by atoms with E-state index in [1.807, 2.05) is 13.8 Å². The number of nitrogens with zero attached hydrogens (tertiary/aromatic N) is 1. The molecule has 1 heterocycles. The van der Waals surface area contributed by atoms with Crippen molar-refractivity contribution in [2.24, 2.45) is 0 Å². The second-order valence-electron chi connectivity index (χ2n) is 6.83. The van der Waals surface area contributed by atoms with Crippen molar-refractivity contribution in [3.63, 3.8) is 0 Å². The maximum atomic E-state index is 12.3. The highest BCUT2D eigenvalue weighted by Gasteiger charge is 2.40. The highest BCUT2D eigenvalue weighted by molar-refractivity contribution is 7.85. The second-order valence-corrected chi connectivity index (χ2v) is 8.47. The lowest BCUT2D eigenvalue weighted by molar-refractivity contribution is -0.108. The van der Waals surface area contributed by atoms with Crippen LogP contribution in [0, 0.1) is 0 Å². The van der Waals surface area contributed by atoms with Gasteiger partial charge in [-0.15, -0.1) is 0 Å². The first kappa shape index (κ1) is 18.2. The Labute approximate surface area is 126 Å². The molecular formula is C13H25NO6S. The Morgan fingerprint density at radius 1 is 1.38 bits per heavy atom. The van der Waals surface area contributed by atoms with Crippen LogP contribution in [0.4, 0.5) is 4.79 Å². The lowest BCUT2D eigenvalue weighted by atomic mass is 10.0. The third-order valence-electron chi connectivity index (χ3n) is 2.87. The average molecular weight is 323 g/mol. The van der Waals surface area contributed by atoms with Crippen LogP contribution in [0.5, 0.6) is 0 Å². The summed E-state index contributed by atoms with van der Waals surface area (Å²) in [6, 6.07) is 0. The van der Waals surface area contributed by atoms with Gasteiger partial charge in [-0.2, -0.15) is 8.42 Å². The lowest BCUT2D eigenvalue weighted by Gasteiger charge is -2.45. The van der Waals surface area contributed by atoms with Crippen molar-refractivity contribution < 1.29 is 26.9 Å². The lowest BCUT2D eigenvalue weighted by Crippen LogP contribution is -2.60. The highest BCUT2D eigenvalue weighted by Crippen LogP contribution is 2.25. The van der Waals surface area contributed by atoms with Gasteiger partial charge in [-0.25, -0.2) is 4.79 Å². The topological polar surface area (TPSA) is 82.1 Å². The Hall–Kier alpha value is -0.860. The first-order valence-corrected chi connectivity index (χ1v) is 8.58. The number of hydrogen-bond acceptors (Lipinski definition) is 6. The maximum Gasteiger partial charge on any atom is 0.410 e. The molecule has 1 rings (SSSR count). The van der Waals surface area contributed by atoms with Crippen molar-refractivity contribution in [3.05, 3.63) is 0 Å². The fraction of sp³-hybridized carbons (Fsp3) is 0.923. The SMILES string of the molecule is CC(C)(C)OC(=O)N1CC(COS(C)(=O)=O)OCC1(C)C. The van der Waals surface area contributed by atoms with Gasteiger partial charge in [0.2, 0.25) is 0 Å². The largest absolute Gasteiger partial charge is 0.444 e. The Balaban J connectivity index is 2.73. The number of amides is 1. The van der Waals surface area contributed by atoms with Gasteiger partial charge in [0.15, 0.2) is 0 Å². The van der Waals surface area contributed by atoms with Crippen molar-refractivity contribution in [1.29, 1.82) is 0 Å². The van der Waals surface area contributed by atoms with Crippen LogP contribution in [0.25, 0.3) is 0 Å². The van der Waals surface area contributed by atoms with Crippen LogP contribution in [0.1, 0.15) is 34.6 Å². The summed E-state index contributed by atoms with van der Waals surface area (Å²) in [5.41, 5.74) is -1.12. The van der Waals surface area contributed by atoms with Gasteiger partial charge < -0.3 is 9.47 Å². The highest BCUT2D eigenvalue weighted by atomic mass is 32.2. The molecule has 1 saturated heterocycles. The van der Waals surface area contributed by atoms with Gasteiger partial charge in [-0.3, -0.25) is 9.08 Å². The third-order valence-corrected chi connectivity index (χ3v) is 3.44. The zero-order chi connectivity index (χ0) is 16.5. The molecule has 0 N–H and O–H groups in total. The third kappa shape index (κ3) is 6.19. The minimum Gasteiger partial charge on any atom is -0.444 e. The Bertz CT molecular complexity index is 479. The molecule has 1 aliphatic heterocycles. The predicted octanol–water partition coefficient (Wildman–Crippen LogP) is 1.38. The first-order chi connectivity index (χ1) is 9.30. The quantitative estimate of drug-likeness (QED) is 0.730. The molecule has 0 aliphatic carbocycles. The van der Waals surface area contributed by atoms with E-state index >= 15 is 0 Å². The molecule has 0 aromatic heterocycles. The molecule has 1 atom stereocenters. The maximum absolute atomic E-state index is 12.3. The summed E-state index contributed by atoms with van der Waals surface area (Å²) in [7, 11) is -3.53. The molecular weight excluding hydrogens is 298 g/mol. The number of rotatable bonds is 3. The molecule has 1 aliphatic rings. The van der Waals surface area contributed by atoms with Gasteiger partial charge in [-0.1, -0.05) is 0 Å². The van der Waals surface area contributed by atoms with Crippen LogP contribution < -0.4 is 0 Å². The molecule has 0 bridgehead atoms. The van der Waals surface area contributed by atoms with E-state index in [1.54, 1.807) is 25.7 Å². The molecule has 7 nitrogen and oxygen atoms in total. The van der Waals surface area contributed by atoms with Gasteiger partial charge >= 0.3 is 6.09 Å². The molecule has 1 fully saturated rings. The van der Waals surface area contributed by atoms with E-state index in [4.69, 9.17) is 13.7 Å². The van der Waals surface area contributed by atoms with Crippen molar-refractivity contribution in [2.75, 3.05) is 26.0 Å². The summed E-state index contributed by atoms with van der Waals surface area (Å²) in [6.45, 7) is 9.50. The smallest absolute Gasteiger partial charge is 0.410 e. The van der Waals surface area contributed by atoms with E-state index in [9.17, 15) is 13.2 Å². The van der Waals surface area contributed by atoms with E-state index < -0.39 is 33.5 Å². The van der Waals surface area contributed by atoms with Crippen LogP contribution in [-0.2, 0) is 23.8 Å². The van der Waals surface area contributed by atoms with Crippen molar-refractivity contribution in [1.82, 2.24) is 4.90 Å². The summed E-state index contributed by atoms with van der Waals surface area (Å²) in [4.78, 5) is 13.8. The average Bonchev–Trinajstić information content (AvgIpc) is 2.23. The van der Waals surface area contributed by atoms with Crippen LogP contribution in [0.3, 0.4) is 0 Å². The van der Waals surface area contributed by atoms with Crippen molar-refractivity contribution in [3.8, 4) is 0 Å². The Kier molecular flexibility index (Phi) is 5.28. The minimum atomic E-state index is -3.53. The predicted molar refractivity (Wildman–Crippen MR) is 77.6 cm³/mol. The molecule has 0 aromatic rings. The van der Waals surface area contributed by atoms with Crippen LogP contribution in [0.15, 0.2) is 0 Å². The summed E-state index contributed by atoms with van der Waals surface area (Å²) in [5, 5.41) is 0. The molecule has 1 unspecified atom stereocenters. The Morgan fingerprint density at radius 2 is 1.95 bits per heavy atom. The summed E-state index contributed by atoms with van der Waals surface area (Å²) in [6.07, 6.45) is 0.0335. The van der Waals surface area contributed by atoms with E-state index in [0.717, 1.165) is 6.26 Å². The standard InChI is InChI=1S/C13H25NO6S/c1-12(2,3)20-11(15)14-7-10(8-19-21(6,16)17)18-9-13(14,4)5/h10H,7-9H2,1-6H3. The molecule has 0 aromatic carbocycles. The van der Waals surface area contributed by atoms with Crippen LogP contribution in [0.2, 0.25) is 0 Å². The number of carbonyl (C=O) groups is 1. The first-order valence-electron chi connectivity index (χ1n) is 6.77. The van der Waals surface area contributed by atoms with E-state index in [2.05, 4.69) is 0 Å². The summed E-state index contributed by atoms with van der Waals surface area (Å²) < 4.78 is 37.7. The Morgan fingerprint density at radius 3 is 2.43 bits per heavy atom. The fourth-order valence-corrected chi connectivity index (χ4v) is 2.24. The minimum absolute atomic E-state index is 0.117. The van der Waals surface area contributed by atoms with Gasteiger partial charge in [0.25, 0.3) is 10.1 Å². The van der Waals surface area contributed by atoms with Crippen molar-refractivity contribution >= 4 is 16.2 Å². The molecule has 0 saturated carbocycles. The molecule has 0 radical (unpaired) electrons. The number of ether oxygens (including phenoxy) is 2. The van der Waals surface area contributed by atoms with Crippen LogP contribution >= 0.6 is 0 Å². The van der Waals surface area contributed by atoms with Gasteiger partial charge in [0.05, 0.1) is 31.6 Å². The molecule has 0 spiro atoms. The van der Waals surface area contributed by atoms with E-state index in [-0.39, 0.29) is 19.8 Å². The van der Waals surface area contributed by atoms with Gasteiger partial charge in [0.1, 0.15) is 11.7 Å². The van der Waals surface area contributed by atoms with E-state index in [0.29, 0.717) is 0 Å². The molecule has 8 heteroatoms. The van der Waals surface area contributed by atoms with Gasteiger partial charge in [-0.05, 0) is 34.6 Å². The van der Waals surface area contributed by atoms with Crippen LogP contribution in [-0.4, -0.2) is 62.7 Å². The fourth-order valence-electron chi connectivity index (χ4n) is 1.84. The monoisotopic (exact) mass is 323 g/mol. The molecule has 124 valence electrons. The summed E-state index contributed by atoms with van der Waals surface area (Å²) in [5.74, 6) is 0.